The number of nitrogens with zero attached hydrogens (tertiary/aromatic N) is 2. The van der Waals surface area contributed by atoms with Gasteiger partial charge in [-0.3, -0.25) is 9.20 Å². The average molecular weight is 355 g/mol. The Bertz CT molecular complexity index is 929. The molecular formula is C20H25N3O3. The van der Waals surface area contributed by atoms with Crippen LogP contribution in [-0.2, 0) is 17.6 Å². The van der Waals surface area contributed by atoms with Gasteiger partial charge < -0.3 is 14.5 Å². The number of ether oxygens (including phenoxy) is 1. The Morgan fingerprint density at radius 3 is 2.88 bits per heavy atom. The van der Waals surface area contributed by atoms with Crippen molar-refractivity contribution < 1.29 is 9.15 Å². The quantitative estimate of drug-likeness (QED) is 0.673. The Kier molecular flexibility index (Phi) is 5.85. The highest BCUT2D eigenvalue weighted by atomic mass is 16.5. The van der Waals surface area contributed by atoms with Crippen LogP contribution in [0.15, 0.2) is 45.7 Å². The van der Waals surface area contributed by atoms with Gasteiger partial charge in [0.25, 0.3) is 5.56 Å². The van der Waals surface area contributed by atoms with E-state index in [0.717, 1.165) is 29.2 Å². The van der Waals surface area contributed by atoms with Crippen LogP contribution in [0.4, 0.5) is 0 Å². The molecule has 0 spiro atoms. The first-order chi connectivity index (χ1) is 12.6. The maximum Gasteiger partial charge on any atom is 0.261 e. The molecule has 6 nitrogen and oxygen atoms in total. The summed E-state index contributed by atoms with van der Waals surface area (Å²) in [5, 5.41) is 3.43. The number of hydrogen-bond acceptors (Lipinski definition) is 5. The number of aromatic nitrogens is 2. The van der Waals surface area contributed by atoms with Crippen LogP contribution in [0.5, 0.6) is 0 Å². The molecule has 1 atom stereocenters. The molecule has 0 aromatic carbocycles. The van der Waals surface area contributed by atoms with Crippen LogP contribution in [0, 0.1) is 6.92 Å². The Labute approximate surface area is 152 Å². The molecule has 1 unspecified atom stereocenters. The van der Waals surface area contributed by atoms with Gasteiger partial charge in [0.15, 0.2) is 0 Å². The summed E-state index contributed by atoms with van der Waals surface area (Å²) in [4.78, 5) is 17.2. The van der Waals surface area contributed by atoms with E-state index in [4.69, 9.17) is 9.15 Å². The van der Waals surface area contributed by atoms with Crippen molar-refractivity contribution >= 4 is 5.65 Å². The lowest BCUT2D eigenvalue weighted by Gasteiger charge is -2.16. The molecule has 0 aliphatic rings. The largest absolute Gasteiger partial charge is 0.464 e. The number of pyridine rings is 1. The highest BCUT2D eigenvalue weighted by molar-refractivity contribution is 5.40. The number of rotatable bonds is 8. The molecule has 0 radical (unpaired) electrons. The van der Waals surface area contributed by atoms with Gasteiger partial charge in [0.2, 0.25) is 0 Å². The molecule has 0 saturated heterocycles. The predicted molar refractivity (Wildman–Crippen MR) is 101 cm³/mol. The molecule has 0 saturated carbocycles. The second-order valence-corrected chi connectivity index (χ2v) is 6.28. The SMILES string of the molecule is CCc1ccc(C(COC)NCCc2c(C)nc3ccccn3c2=O)o1. The standard InChI is InChI=1S/C20H25N3O3/c1-4-15-8-9-18(26-15)17(13-25-3)21-11-10-16-14(2)22-19-7-5-6-12-23(19)20(16)24/h5-9,12,17,21H,4,10-11,13H2,1-3H3. The first kappa shape index (κ1) is 18.4. The van der Waals surface area contributed by atoms with Crippen molar-refractivity contribution in [2.24, 2.45) is 0 Å². The summed E-state index contributed by atoms with van der Waals surface area (Å²) in [7, 11) is 1.67. The molecule has 3 aromatic rings. The van der Waals surface area contributed by atoms with Crippen LogP contribution >= 0.6 is 0 Å². The summed E-state index contributed by atoms with van der Waals surface area (Å²) in [5.41, 5.74) is 2.17. The van der Waals surface area contributed by atoms with Crippen molar-refractivity contribution in [2.75, 3.05) is 20.3 Å². The Balaban J connectivity index is 1.73. The third-order valence-electron chi connectivity index (χ3n) is 4.51. The number of aryl methyl sites for hydroxylation is 2. The molecule has 138 valence electrons. The normalized spacial score (nSPS) is 12.6. The summed E-state index contributed by atoms with van der Waals surface area (Å²) in [6, 6.07) is 9.48. The van der Waals surface area contributed by atoms with Gasteiger partial charge in [0.05, 0.1) is 12.6 Å². The van der Waals surface area contributed by atoms with E-state index < -0.39 is 0 Å². The molecule has 26 heavy (non-hydrogen) atoms. The highest BCUT2D eigenvalue weighted by Crippen LogP contribution is 2.17. The van der Waals surface area contributed by atoms with Gasteiger partial charge in [-0.15, -0.1) is 0 Å². The fourth-order valence-electron chi connectivity index (χ4n) is 3.08. The third kappa shape index (κ3) is 3.86. The lowest BCUT2D eigenvalue weighted by molar-refractivity contribution is 0.156. The molecule has 0 fully saturated rings. The van der Waals surface area contributed by atoms with Gasteiger partial charge in [0.1, 0.15) is 17.2 Å². The maximum atomic E-state index is 12.7. The smallest absolute Gasteiger partial charge is 0.261 e. The van der Waals surface area contributed by atoms with Gasteiger partial charge in [-0.1, -0.05) is 13.0 Å². The van der Waals surface area contributed by atoms with E-state index in [1.165, 1.54) is 0 Å². The van der Waals surface area contributed by atoms with Crippen LogP contribution in [0.3, 0.4) is 0 Å². The molecule has 3 heterocycles. The minimum Gasteiger partial charge on any atom is -0.464 e. The zero-order chi connectivity index (χ0) is 18.5. The summed E-state index contributed by atoms with van der Waals surface area (Å²) in [5.74, 6) is 1.81. The lowest BCUT2D eigenvalue weighted by Crippen LogP contribution is -2.30. The molecule has 0 aliphatic carbocycles. The Morgan fingerprint density at radius 2 is 2.15 bits per heavy atom. The Hall–Kier alpha value is -2.44. The predicted octanol–water partition coefficient (Wildman–Crippen LogP) is 2.68. The maximum absolute atomic E-state index is 12.7. The first-order valence-electron chi connectivity index (χ1n) is 8.91. The second-order valence-electron chi connectivity index (χ2n) is 6.28. The monoisotopic (exact) mass is 355 g/mol. The van der Waals surface area contributed by atoms with Crippen molar-refractivity contribution in [3.63, 3.8) is 0 Å². The van der Waals surface area contributed by atoms with Gasteiger partial charge in [-0.2, -0.15) is 0 Å². The van der Waals surface area contributed by atoms with E-state index in [9.17, 15) is 4.79 Å². The second kappa shape index (κ2) is 8.29. The number of fused-ring (bicyclic) bond motifs is 1. The zero-order valence-electron chi connectivity index (χ0n) is 15.5. The van der Waals surface area contributed by atoms with Gasteiger partial charge in [-0.05, 0) is 37.6 Å². The summed E-state index contributed by atoms with van der Waals surface area (Å²) in [6.45, 7) is 5.08. The number of hydrogen-bond donors (Lipinski definition) is 1. The van der Waals surface area contributed by atoms with Crippen molar-refractivity contribution in [1.82, 2.24) is 14.7 Å². The first-order valence-corrected chi connectivity index (χ1v) is 8.91. The van der Waals surface area contributed by atoms with Crippen molar-refractivity contribution in [3.8, 4) is 0 Å². The van der Waals surface area contributed by atoms with Crippen LogP contribution in [0.2, 0.25) is 0 Å². The van der Waals surface area contributed by atoms with Crippen LogP contribution in [-0.4, -0.2) is 29.6 Å². The van der Waals surface area contributed by atoms with E-state index in [0.29, 0.717) is 25.2 Å². The van der Waals surface area contributed by atoms with Gasteiger partial charge in [-0.25, -0.2) is 4.98 Å². The Morgan fingerprint density at radius 1 is 1.31 bits per heavy atom. The fourth-order valence-corrected chi connectivity index (χ4v) is 3.08. The topological polar surface area (TPSA) is 68.8 Å². The molecule has 3 rings (SSSR count). The number of methoxy groups -OCH3 is 1. The van der Waals surface area contributed by atoms with Crippen molar-refractivity contribution in [1.29, 1.82) is 0 Å². The molecule has 0 aliphatic heterocycles. The van der Waals surface area contributed by atoms with Crippen LogP contribution in [0.1, 0.15) is 35.7 Å². The summed E-state index contributed by atoms with van der Waals surface area (Å²) >= 11 is 0. The molecule has 6 heteroatoms. The molecule has 1 N–H and O–H groups in total. The molecule has 3 aromatic heterocycles. The van der Waals surface area contributed by atoms with Crippen LogP contribution < -0.4 is 10.9 Å². The van der Waals surface area contributed by atoms with E-state index in [1.54, 1.807) is 17.7 Å². The third-order valence-corrected chi connectivity index (χ3v) is 4.51. The highest BCUT2D eigenvalue weighted by Gasteiger charge is 2.16. The lowest BCUT2D eigenvalue weighted by atomic mass is 10.1. The summed E-state index contributed by atoms with van der Waals surface area (Å²) in [6.07, 6.45) is 3.21. The van der Waals surface area contributed by atoms with Gasteiger partial charge >= 0.3 is 0 Å². The summed E-state index contributed by atoms with van der Waals surface area (Å²) < 4.78 is 12.7. The van der Waals surface area contributed by atoms with E-state index in [2.05, 4.69) is 17.2 Å². The van der Waals surface area contributed by atoms with E-state index in [-0.39, 0.29) is 11.6 Å². The zero-order valence-corrected chi connectivity index (χ0v) is 15.5. The fraction of sp³-hybridized carbons (Fsp3) is 0.400. The number of nitrogens with one attached hydrogen (secondary N) is 1. The molecule has 0 amide bonds. The van der Waals surface area contributed by atoms with Crippen LogP contribution in [0.25, 0.3) is 5.65 Å². The van der Waals surface area contributed by atoms with Crippen molar-refractivity contribution in [2.45, 2.75) is 32.7 Å². The molecular weight excluding hydrogens is 330 g/mol. The van der Waals surface area contributed by atoms with Gasteiger partial charge in [0, 0.05) is 37.5 Å². The van der Waals surface area contributed by atoms with Crippen molar-refractivity contribution in [3.05, 3.63) is 69.7 Å². The van der Waals surface area contributed by atoms with E-state index >= 15 is 0 Å². The van der Waals surface area contributed by atoms with E-state index in [1.807, 2.05) is 37.3 Å². The minimum absolute atomic E-state index is 0.00976. The average Bonchev–Trinajstić information content (AvgIpc) is 3.12. The minimum atomic E-state index is -0.0447. The number of furan rings is 1. The molecule has 0 bridgehead atoms.